The number of rotatable bonds is 4. The number of ether oxygens (including phenoxy) is 1. The third-order valence-corrected chi connectivity index (χ3v) is 2.72. The summed E-state index contributed by atoms with van der Waals surface area (Å²) in [5, 5.41) is 10.9. The normalized spacial score (nSPS) is 10.2. The summed E-state index contributed by atoms with van der Waals surface area (Å²) in [6, 6.07) is 12.1. The Morgan fingerprint density at radius 2 is 2.00 bits per heavy atom. The number of hydrogen-bond acceptors (Lipinski definition) is 4. The van der Waals surface area contributed by atoms with Crippen molar-refractivity contribution in [2.75, 3.05) is 5.73 Å². The molecule has 2 aromatic carbocycles. The molecule has 19 heavy (non-hydrogen) atoms. The lowest BCUT2D eigenvalue weighted by Gasteiger charge is -2.09. The Morgan fingerprint density at radius 3 is 2.68 bits per heavy atom. The van der Waals surface area contributed by atoms with Gasteiger partial charge in [0.15, 0.2) is 5.75 Å². The van der Waals surface area contributed by atoms with Crippen LogP contribution in [-0.2, 0) is 6.61 Å². The van der Waals surface area contributed by atoms with Gasteiger partial charge < -0.3 is 10.5 Å². The molecule has 0 unspecified atom stereocenters. The molecule has 0 saturated heterocycles. The molecule has 98 valence electrons. The average Bonchev–Trinajstić information content (AvgIpc) is 2.37. The number of nitro benzene ring substituents is 1. The minimum absolute atomic E-state index is 0.0242. The molecule has 0 fully saturated rings. The number of nitrogens with two attached hydrogens (primary N) is 1. The van der Waals surface area contributed by atoms with Crippen molar-refractivity contribution in [3.05, 3.63) is 63.7 Å². The van der Waals surface area contributed by atoms with Crippen LogP contribution in [0.15, 0.2) is 42.5 Å². The Morgan fingerprint density at radius 1 is 1.26 bits per heavy atom. The predicted octanol–water partition coefficient (Wildman–Crippen LogP) is 3.06. The van der Waals surface area contributed by atoms with Crippen molar-refractivity contribution < 1.29 is 9.66 Å². The molecule has 0 radical (unpaired) electrons. The summed E-state index contributed by atoms with van der Waals surface area (Å²) in [6.45, 7) is 2.03. The first-order valence-electron chi connectivity index (χ1n) is 5.79. The molecule has 0 aliphatic rings. The van der Waals surface area contributed by atoms with Gasteiger partial charge in [-0.25, -0.2) is 0 Å². The van der Waals surface area contributed by atoms with Gasteiger partial charge in [0, 0.05) is 11.8 Å². The second kappa shape index (κ2) is 5.39. The van der Waals surface area contributed by atoms with Gasteiger partial charge in [0.1, 0.15) is 6.61 Å². The molecule has 0 heterocycles. The smallest absolute Gasteiger partial charge is 0.311 e. The van der Waals surface area contributed by atoms with E-state index in [0.717, 1.165) is 11.1 Å². The highest BCUT2D eigenvalue weighted by molar-refractivity contribution is 5.51. The summed E-state index contributed by atoms with van der Waals surface area (Å²) >= 11 is 0. The zero-order chi connectivity index (χ0) is 13.8. The van der Waals surface area contributed by atoms with Crippen molar-refractivity contribution >= 4 is 11.4 Å². The number of para-hydroxylation sites is 1. The van der Waals surface area contributed by atoms with Gasteiger partial charge in [0.25, 0.3) is 0 Å². The van der Waals surface area contributed by atoms with Gasteiger partial charge in [-0.2, -0.15) is 0 Å². The second-order valence-corrected chi connectivity index (χ2v) is 4.21. The first-order chi connectivity index (χ1) is 9.08. The lowest BCUT2D eigenvalue weighted by molar-refractivity contribution is -0.386. The number of hydrogen-bond donors (Lipinski definition) is 1. The van der Waals surface area contributed by atoms with Gasteiger partial charge in [-0.3, -0.25) is 10.1 Å². The fraction of sp³-hybridized carbons (Fsp3) is 0.143. The van der Waals surface area contributed by atoms with E-state index in [0.29, 0.717) is 11.4 Å². The van der Waals surface area contributed by atoms with Gasteiger partial charge >= 0.3 is 5.69 Å². The van der Waals surface area contributed by atoms with E-state index in [2.05, 4.69) is 0 Å². The standard InChI is InChI=1S/C14H14N2O3/c1-10-4-2-7-13(16(17)18)14(10)19-9-11-5-3-6-12(15)8-11/h2-8H,9,15H2,1H3. The molecule has 2 N–H and O–H groups in total. The zero-order valence-corrected chi connectivity index (χ0v) is 10.5. The van der Waals surface area contributed by atoms with E-state index in [4.69, 9.17) is 10.5 Å². The summed E-state index contributed by atoms with van der Waals surface area (Å²) in [5.41, 5.74) is 7.89. The van der Waals surface area contributed by atoms with Crippen molar-refractivity contribution in [1.82, 2.24) is 0 Å². The van der Waals surface area contributed by atoms with Crippen LogP contribution in [-0.4, -0.2) is 4.92 Å². The van der Waals surface area contributed by atoms with Gasteiger partial charge in [-0.1, -0.05) is 24.3 Å². The van der Waals surface area contributed by atoms with Crippen LogP contribution in [0.5, 0.6) is 5.75 Å². The molecular formula is C14H14N2O3. The number of aryl methyl sites for hydroxylation is 1. The minimum Gasteiger partial charge on any atom is -0.482 e. The molecule has 0 atom stereocenters. The number of nitrogen functional groups attached to an aromatic ring is 1. The van der Waals surface area contributed by atoms with Crippen molar-refractivity contribution in [2.24, 2.45) is 0 Å². The topological polar surface area (TPSA) is 78.4 Å². The predicted molar refractivity (Wildman–Crippen MR) is 73.0 cm³/mol. The number of anilines is 1. The molecule has 0 bridgehead atoms. The van der Waals surface area contributed by atoms with Crippen LogP contribution < -0.4 is 10.5 Å². The van der Waals surface area contributed by atoms with E-state index < -0.39 is 4.92 Å². The Hall–Kier alpha value is -2.56. The van der Waals surface area contributed by atoms with Crippen molar-refractivity contribution in [2.45, 2.75) is 13.5 Å². The van der Waals surface area contributed by atoms with E-state index in [9.17, 15) is 10.1 Å². The lowest BCUT2D eigenvalue weighted by Crippen LogP contribution is -2.01. The van der Waals surface area contributed by atoms with Gasteiger partial charge in [-0.05, 0) is 30.2 Å². The summed E-state index contributed by atoms with van der Waals surface area (Å²) in [4.78, 5) is 10.5. The minimum atomic E-state index is -0.443. The van der Waals surface area contributed by atoms with E-state index in [1.807, 2.05) is 12.1 Å². The van der Waals surface area contributed by atoms with Crippen molar-refractivity contribution in [3.63, 3.8) is 0 Å². The maximum Gasteiger partial charge on any atom is 0.311 e. The molecule has 2 aromatic rings. The van der Waals surface area contributed by atoms with Gasteiger partial charge in [0.05, 0.1) is 4.92 Å². The summed E-state index contributed by atoms with van der Waals surface area (Å²) in [6.07, 6.45) is 0. The highest BCUT2D eigenvalue weighted by atomic mass is 16.6. The fourth-order valence-electron chi connectivity index (χ4n) is 1.81. The quantitative estimate of drug-likeness (QED) is 0.519. The highest BCUT2D eigenvalue weighted by Gasteiger charge is 2.16. The van der Waals surface area contributed by atoms with E-state index >= 15 is 0 Å². The molecule has 0 aliphatic heterocycles. The highest BCUT2D eigenvalue weighted by Crippen LogP contribution is 2.30. The molecule has 5 nitrogen and oxygen atoms in total. The fourth-order valence-corrected chi connectivity index (χ4v) is 1.81. The third-order valence-electron chi connectivity index (χ3n) is 2.72. The molecule has 2 rings (SSSR count). The second-order valence-electron chi connectivity index (χ2n) is 4.21. The van der Waals surface area contributed by atoms with E-state index in [1.165, 1.54) is 6.07 Å². The van der Waals surface area contributed by atoms with E-state index in [-0.39, 0.29) is 12.3 Å². The molecule has 0 amide bonds. The summed E-state index contributed by atoms with van der Waals surface area (Å²) in [5.74, 6) is 0.301. The number of nitrogens with zero attached hydrogens (tertiary/aromatic N) is 1. The molecule has 0 aliphatic carbocycles. The van der Waals surface area contributed by atoms with Crippen LogP contribution in [0.1, 0.15) is 11.1 Å². The van der Waals surface area contributed by atoms with Crippen LogP contribution in [0.3, 0.4) is 0 Å². The maximum absolute atomic E-state index is 10.9. The Balaban J connectivity index is 2.22. The first kappa shape index (κ1) is 12.9. The van der Waals surface area contributed by atoms with E-state index in [1.54, 1.807) is 31.2 Å². The zero-order valence-electron chi connectivity index (χ0n) is 10.5. The summed E-state index contributed by atoms with van der Waals surface area (Å²) < 4.78 is 5.57. The first-order valence-corrected chi connectivity index (χ1v) is 5.79. The van der Waals surface area contributed by atoms with Crippen LogP contribution in [0.2, 0.25) is 0 Å². The van der Waals surface area contributed by atoms with Crippen LogP contribution >= 0.6 is 0 Å². The van der Waals surface area contributed by atoms with Gasteiger partial charge in [-0.15, -0.1) is 0 Å². The molecular weight excluding hydrogens is 244 g/mol. The lowest BCUT2D eigenvalue weighted by atomic mass is 10.2. The number of benzene rings is 2. The number of nitro groups is 1. The SMILES string of the molecule is Cc1cccc([N+](=O)[O-])c1OCc1cccc(N)c1. The van der Waals surface area contributed by atoms with Crippen LogP contribution in [0.25, 0.3) is 0 Å². The third kappa shape index (κ3) is 3.01. The van der Waals surface area contributed by atoms with Crippen LogP contribution in [0, 0.1) is 17.0 Å². The van der Waals surface area contributed by atoms with Crippen molar-refractivity contribution in [1.29, 1.82) is 0 Å². The Labute approximate surface area is 110 Å². The van der Waals surface area contributed by atoms with Gasteiger partial charge in [0.2, 0.25) is 0 Å². The molecule has 0 saturated carbocycles. The summed E-state index contributed by atoms with van der Waals surface area (Å²) in [7, 11) is 0. The van der Waals surface area contributed by atoms with Crippen LogP contribution in [0.4, 0.5) is 11.4 Å². The Kier molecular flexibility index (Phi) is 3.66. The average molecular weight is 258 g/mol. The maximum atomic E-state index is 10.9. The Bertz CT molecular complexity index is 611. The largest absolute Gasteiger partial charge is 0.482 e. The monoisotopic (exact) mass is 258 g/mol. The molecule has 0 spiro atoms. The van der Waals surface area contributed by atoms with Crippen molar-refractivity contribution in [3.8, 4) is 5.75 Å². The molecule has 0 aromatic heterocycles. The molecule has 5 heteroatoms.